The van der Waals surface area contributed by atoms with E-state index in [2.05, 4.69) is 15.5 Å². The first kappa shape index (κ1) is 17.6. The third kappa shape index (κ3) is 3.27. The molecule has 0 spiro atoms. The van der Waals surface area contributed by atoms with Gasteiger partial charge in [0.2, 0.25) is 0 Å². The van der Waals surface area contributed by atoms with E-state index in [9.17, 15) is 14.0 Å². The van der Waals surface area contributed by atoms with E-state index in [1.165, 1.54) is 30.5 Å². The number of aromatic amines is 1. The molecule has 0 saturated carbocycles. The van der Waals surface area contributed by atoms with E-state index in [-0.39, 0.29) is 47.0 Å². The highest BCUT2D eigenvalue weighted by Gasteiger charge is 2.25. The molecule has 0 saturated heterocycles. The van der Waals surface area contributed by atoms with Gasteiger partial charge in [0.15, 0.2) is 5.78 Å². The number of aryl methyl sites for hydroxylation is 1. The third-order valence-corrected chi connectivity index (χ3v) is 3.81. The molecule has 0 aliphatic carbocycles. The van der Waals surface area contributed by atoms with Crippen LogP contribution < -0.4 is 5.32 Å². The molecular formula is C18H16FN3O4. The van der Waals surface area contributed by atoms with Crippen LogP contribution in [0.15, 0.2) is 41.1 Å². The fraction of sp³-hybridized carbons (Fsp3) is 0.167. The number of nitrogens with one attached hydrogen (secondary N) is 2. The number of carbonyl (C=O) groups is 2. The second-order valence-electron chi connectivity index (χ2n) is 5.55. The summed E-state index contributed by atoms with van der Waals surface area (Å²) in [7, 11) is 0. The Kier molecular flexibility index (Phi) is 4.94. The zero-order valence-electron chi connectivity index (χ0n) is 13.9. The van der Waals surface area contributed by atoms with E-state index in [1.807, 2.05) is 0 Å². The number of halogens is 1. The first-order valence-corrected chi connectivity index (χ1v) is 7.86. The number of benzene rings is 1. The Hall–Kier alpha value is -3.26. The van der Waals surface area contributed by atoms with Crippen molar-refractivity contribution in [3.8, 4) is 11.3 Å². The Balaban J connectivity index is 1.95. The standard InChI is InChI=1S/C18H16FN3O4/c1-10-15(16(22-26-10)12-4-2-3-5-13(12)19)17(24)11-8-14(21-9-11)18(25)20-6-7-23/h2-5,8-9,21,23H,6-7H2,1H3,(H,20,25). The van der Waals surface area contributed by atoms with Crippen LogP contribution >= 0.6 is 0 Å². The van der Waals surface area contributed by atoms with Gasteiger partial charge >= 0.3 is 0 Å². The highest BCUT2D eigenvalue weighted by molar-refractivity contribution is 6.13. The van der Waals surface area contributed by atoms with Crippen molar-refractivity contribution in [3.63, 3.8) is 0 Å². The van der Waals surface area contributed by atoms with Gasteiger partial charge in [0, 0.05) is 23.9 Å². The molecule has 0 aliphatic rings. The summed E-state index contributed by atoms with van der Waals surface area (Å²) in [6, 6.07) is 7.33. The number of ketones is 1. The highest BCUT2D eigenvalue weighted by atomic mass is 19.1. The van der Waals surface area contributed by atoms with Gasteiger partial charge in [-0.05, 0) is 25.1 Å². The van der Waals surface area contributed by atoms with Gasteiger partial charge in [-0.15, -0.1) is 0 Å². The molecule has 0 bridgehead atoms. The molecule has 134 valence electrons. The van der Waals surface area contributed by atoms with Crippen molar-refractivity contribution >= 4 is 11.7 Å². The lowest BCUT2D eigenvalue weighted by atomic mass is 9.99. The van der Waals surface area contributed by atoms with E-state index in [4.69, 9.17) is 9.63 Å². The van der Waals surface area contributed by atoms with Crippen LogP contribution in [0.2, 0.25) is 0 Å². The summed E-state index contributed by atoms with van der Waals surface area (Å²) >= 11 is 0. The van der Waals surface area contributed by atoms with Gasteiger partial charge in [-0.3, -0.25) is 9.59 Å². The Morgan fingerprint density at radius 3 is 2.85 bits per heavy atom. The van der Waals surface area contributed by atoms with Crippen molar-refractivity contribution in [1.29, 1.82) is 0 Å². The van der Waals surface area contributed by atoms with E-state index >= 15 is 0 Å². The van der Waals surface area contributed by atoms with Crippen molar-refractivity contribution in [3.05, 3.63) is 64.9 Å². The fourth-order valence-corrected chi connectivity index (χ4v) is 2.54. The number of amides is 1. The van der Waals surface area contributed by atoms with Gasteiger partial charge in [-0.25, -0.2) is 4.39 Å². The van der Waals surface area contributed by atoms with Gasteiger partial charge in [0.25, 0.3) is 5.91 Å². The van der Waals surface area contributed by atoms with E-state index < -0.39 is 17.5 Å². The van der Waals surface area contributed by atoms with Crippen LogP contribution in [0.5, 0.6) is 0 Å². The number of hydrogen-bond donors (Lipinski definition) is 3. The van der Waals surface area contributed by atoms with E-state index in [0.717, 1.165) is 0 Å². The first-order valence-electron chi connectivity index (χ1n) is 7.86. The number of rotatable bonds is 6. The van der Waals surface area contributed by atoms with Gasteiger partial charge in [0.05, 0.1) is 12.2 Å². The molecule has 3 N–H and O–H groups in total. The SMILES string of the molecule is Cc1onc(-c2ccccc2F)c1C(=O)c1c[nH]c(C(=O)NCCO)c1. The van der Waals surface area contributed by atoms with Crippen LogP contribution in [0.25, 0.3) is 11.3 Å². The molecule has 1 amide bonds. The minimum atomic E-state index is -0.520. The maximum atomic E-state index is 14.1. The summed E-state index contributed by atoms with van der Waals surface area (Å²) in [5, 5.41) is 15.0. The Labute approximate surface area is 147 Å². The lowest BCUT2D eigenvalue weighted by Crippen LogP contribution is -2.26. The molecule has 0 fully saturated rings. The molecule has 0 aliphatic heterocycles. The largest absolute Gasteiger partial charge is 0.395 e. The molecule has 7 nitrogen and oxygen atoms in total. The number of carbonyl (C=O) groups excluding carboxylic acids is 2. The third-order valence-electron chi connectivity index (χ3n) is 3.81. The Bertz CT molecular complexity index is 961. The number of hydrogen-bond acceptors (Lipinski definition) is 5. The predicted molar refractivity (Wildman–Crippen MR) is 90.3 cm³/mol. The van der Waals surface area contributed by atoms with E-state index in [1.54, 1.807) is 13.0 Å². The molecule has 26 heavy (non-hydrogen) atoms. The van der Waals surface area contributed by atoms with Crippen LogP contribution in [-0.2, 0) is 0 Å². The maximum Gasteiger partial charge on any atom is 0.267 e. The average molecular weight is 357 g/mol. The number of aromatic nitrogens is 2. The Morgan fingerprint density at radius 1 is 1.35 bits per heavy atom. The number of aliphatic hydroxyl groups excluding tert-OH is 1. The summed E-state index contributed by atoms with van der Waals surface area (Å²) in [4.78, 5) is 27.5. The van der Waals surface area contributed by atoms with Crippen molar-refractivity contribution in [1.82, 2.24) is 15.5 Å². The van der Waals surface area contributed by atoms with Gasteiger partial charge in [-0.2, -0.15) is 0 Å². The second kappa shape index (κ2) is 7.32. The van der Waals surface area contributed by atoms with Crippen molar-refractivity contribution in [2.75, 3.05) is 13.2 Å². The van der Waals surface area contributed by atoms with Crippen molar-refractivity contribution in [2.24, 2.45) is 0 Å². The molecule has 2 heterocycles. The van der Waals surface area contributed by atoms with Gasteiger partial charge in [0.1, 0.15) is 23.0 Å². The molecule has 3 aromatic rings. The second-order valence-corrected chi connectivity index (χ2v) is 5.55. The zero-order chi connectivity index (χ0) is 18.7. The topological polar surface area (TPSA) is 108 Å². The van der Waals surface area contributed by atoms with Crippen LogP contribution in [0.3, 0.4) is 0 Å². The monoisotopic (exact) mass is 357 g/mol. The first-order chi connectivity index (χ1) is 12.5. The minimum absolute atomic E-state index is 0.101. The van der Waals surface area contributed by atoms with Gasteiger partial charge < -0.3 is 19.9 Å². The minimum Gasteiger partial charge on any atom is -0.395 e. The number of aliphatic hydroxyl groups is 1. The van der Waals surface area contributed by atoms with E-state index in [0.29, 0.717) is 0 Å². The zero-order valence-corrected chi connectivity index (χ0v) is 13.9. The molecule has 3 rings (SSSR count). The molecular weight excluding hydrogens is 341 g/mol. The highest BCUT2D eigenvalue weighted by Crippen LogP contribution is 2.29. The number of nitrogens with zero attached hydrogens (tertiary/aromatic N) is 1. The van der Waals surface area contributed by atoms with Crippen LogP contribution in [0.1, 0.15) is 32.2 Å². The quantitative estimate of drug-likeness (QED) is 0.585. The average Bonchev–Trinajstić information content (AvgIpc) is 3.27. The molecule has 0 unspecified atom stereocenters. The fourth-order valence-electron chi connectivity index (χ4n) is 2.54. The van der Waals surface area contributed by atoms with Crippen LogP contribution in [-0.4, -0.2) is 40.1 Å². The molecule has 0 radical (unpaired) electrons. The summed E-state index contributed by atoms with van der Waals surface area (Å²) < 4.78 is 19.2. The summed E-state index contributed by atoms with van der Waals surface area (Å²) in [6.45, 7) is 1.47. The predicted octanol–water partition coefficient (Wildman–Crippen LogP) is 2.07. The molecule has 0 atom stereocenters. The summed E-state index contributed by atoms with van der Waals surface area (Å²) in [5.41, 5.74) is 0.782. The molecule has 8 heteroatoms. The van der Waals surface area contributed by atoms with Gasteiger partial charge in [-0.1, -0.05) is 17.3 Å². The van der Waals surface area contributed by atoms with Crippen molar-refractivity contribution < 1.29 is 23.6 Å². The molecule has 2 aromatic heterocycles. The lowest BCUT2D eigenvalue weighted by molar-refractivity contribution is 0.0940. The van der Waals surface area contributed by atoms with Crippen LogP contribution in [0, 0.1) is 12.7 Å². The lowest BCUT2D eigenvalue weighted by Gasteiger charge is -2.02. The Morgan fingerprint density at radius 2 is 2.12 bits per heavy atom. The molecule has 1 aromatic carbocycles. The maximum absolute atomic E-state index is 14.1. The normalized spacial score (nSPS) is 10.7. The summed E-state index contributed by atoms with van der Waals surface area (Å²) in [5.74, 6) is -1.16. The summed E-state index contributed by atoms with van der Waals surface area (Å²) in [6.07, 6.45) is 1.38. The smallest absolute Gasteiger partial charge is 0.267 e. The van der Waals surface area contributed by atoms with Crippen LogP contribution in [0.4, 0.5) is 4.39 Å². The number of H-pyrrole nitrogens is 1. The van der Waals surface area contributed by atoms with Crippen molar-refractivity contribution in [2.45, 2.75) is 6.92 Å².